The van der Waals surface area contributed by atoms with E-state index in [2.05, 4.69) is 0 Å². The van der Waals surface area contributed by atoms with E-state index in [1.807, 2.05) is 30.3 Å². The fourth-order valence-corrected chi connectivity index (χ4v) is 2.22. The number of esters is 1. The van der Waals surface area contributed by atoms with Gasteiger partial charge in [0.25, 0.3) is 0 Å². The van der Waals surface area contributed by atoms with E-state index in [1.54, 1.807) is 13.0 Å². The predicted octanol–water partition coefficient (Wildman–Crippen LogP) is 3.90. The lowest BCUT2D eigenvalue weighted by Crippen LogP contribution is -2.15. The largest absolute Gasteiger partial charge is 0.489 e. The Hall–Kier alpha value is -2.36. The minimum Gasteiger partial charge on any atom is -0.489 e. The van der Waals surface area contributed by atoms with Crippen molar-refractivity contribution in [1.82, 2.24) is 0 Å². The Balaban J connectivity index is 2.08. The lowest BCUT2D eigenvalue weighted by molar-refractivity contribution is -0.145. The summed E-state index contributed by atoms with van der Waals surface area (Å²) in [6.07, 6.45) is 0.0694. The van der Waals surface area contributed by atoms with Crippen LogP contribution in [0, 0.1) is 5.82 Å². The summed E-state index contributed by atoms with van der Waals surface area (Å²) in [6.45, 7) is 3.53. The first-order valence-electron chi connectivity index (χ1n) is 7.17. The second-order valence-corrected chi connectivity index (χ2v) is 5.15. The highest BCUT2D eigenvalue weighted by molar-refractivity contribution is 5.66. The van der Waals surface area contributed by atoms with Gasteiger partial charge < -0.3 is 9.47 Å². The summed E-state index contributed by atoms with van der Waals surface area (Å²) in [6, 6.07) is 14.1. The molecule has 0 aliphatic carbocycles. The standard InChI is InChI=1S/C18H19FO3/c1-13(22-14(2)20)10-16-11-17(19)8-9-18(16)21-12-15-6-4-3-5-7-15/h3-9,11,13H,10,12H2,1-2H3/t13-/m1/s1. The first-order chi connectivity index (χ1) is 10.5. The van der Waals surface area contributed by atoms with E-state index >= 15 is 0 Å². The van der Waals surface area contributed by atoms with Gasteiger partial charge in [-0.25, -0.2) is 4.39 Å². The molecule has 0 spiro atoms. The molecule has 0 aliphatic rings. The van der Waals surface area contributed by atoms with Gasteiger partial charge in [0.05, 0.1) is 0 Å². The van der Waals surface area contributed by atoms with Crippen molar-refractivity contribution in [3.63, 3.8) is 0 Å². The van der Waals surface area contributed by atoms with Crippen LogP contribution >= 0.6 is 0 Å². The van der Waals surface area contributed by atoms with Crippen LogP contribution in [0.4, 0.5) is 4.39 Å². The SMILES string of the molecule is CC(=O)O[C@H](C)Cc1cc(F)ccc1OCc1ccccc1. The summed E-state index contributed by atoms with van der Waals surface area (Å²) >= 11 is 0. The maximum Gasteiger partial charge on any atom is 0.302 e. The number of carbonyl (C=O) groups excluding carboxylic acids is 1. The summed E-state index contributed by atoms with van der Waals surface area (Å²) in [7, 11) is 0. The van der Waals surface area contributed by atoms with Crippen LogP contribution in [0.1, 0.15) is 25.0 Å². The molecule has 0 N–H and O–H groups in total. The normalized spacial score (nSPS) is 11.8. The van der Waals surface area contributed by atoms with E-state index in [-0.39, 0.29) is 17.9 Å². The molecule has 2 aromatic carbocycles. The zero-order valence-corrected chi connectivity index (χ0v) is 12.7. The van der Waals surface area contributed by atoms with E-state index in [0.29, 0.717) is 24.3 Å². The summed E-state index contributed by atoms with van der Waals surface area (Å²) in [5, 5.41) is 0. The van der Waals surface area contributed by atoms with E-state index in [1.165, 1.54) is 19.1 Å². The fraction of sp³-hybridized carbons (Fsp3) is 0.278. The van der Waals surface area contributed by atoms with Gasteiger partial charge in [-0.1, -0.05) is 30.3 Å². The van der Waals surface area contributed by atoms with Gasteiger partial charge in [-0.15, -0.1) is 0 Å². The molecule has 0 unspecified atom stereocenters. The zero-order valence-electron chi connectivity index (χ0n) is 12.7. The molecule has 0 bridgehead atoms. The minimum absolute atomic E-state index is 0.335. The molecule has 4 heteroatoms. The van der Waals surface area contributed by atoms with E-state index < -0.39 is 0 Å². The van der Waals surface area contributed by atoms with Crippen molar-refractivity contribution in [2.45, 2.75) is 33.0 Å². The van der Waals surface area contributed by atoms with Crippen LogP contribution in [0.2, 0.25) is 0 Å². The maximum atomic E-state index is 13.5. The summed E-state index contributed by atoms with van der Waals surface area (Å²) in [5.74, 6) is -0.0861. The van der Waals surface area contributed by atoms with Gasteiger partial charge in [-0.3, -0.25) is 4.79 Å². The molecule has 0 radical (unpaired) electrons. The van der Waals surface area contributed by atoms with Crippen LogP contribution < -0.4 is 4.74 Å². The molecule has 22 heavy (non-hydrogen) atoms. The Morgan fingerprint density at radius 1 is 1.18 bits per heavy atom. The van der Waals surface area contributed by atoms with Crippen molar-refractivity contribution in [3.05, 3.63) is 65.5 Å². The predicted molar refractivity (Wildman–Crippen MR) is 82.1 cm³/mol. The number of hydrogen-bond acceptors (Lipinski definition) is 3. The van der Waals surface area contributed by atoms with Crippen LogP contribution in [0.5, 0.6) is 5.75 Å². The monoisotopic (exact) mass is 302 g/mol. The second kappa shape index (κ2) is 7.59. The highest BCUT2D eigenvalue weighted by Gasteiger charge is 2.12. The number of carbonyl (C=O) groups is 1. The molecule has 2 rings (SSSR count). The molecule has 0 aromatic heterocycles. The smallest absolute Gasteiger partial charge is 0.302 e. The second-order valence-electron chi connectivity index (χ2n) is 5.15. The molecule has 0 saturated carbocycles. The summed E-state index contributed by atoms with van der Waals surface area (Å²) < 4.78 is 24.3. The van der Waals surface area contributed by atoms with Crippen molar-refractivity contribution in [3.8, 4) is 5.75 Å². The molecule has 0 heterocycles. The molecule has 3 nitrogen and oxygen atoms in total. The number of halogens is 1. The van der Waals surface area contributed by atoms with Gasteiger partial charge in [0.2, 0.25) is 0 Å². The molecule has 0 aliphatic heterocycles. The Labute approximate surface area is 129 Å². The van der Waals surface area contributed by atoms with Gasteiger partial charge in [0.15, 0.2) is 0 Å². The maximum absolute atomic E-state index is 13.5. The lowest BCUT2D eigenvalue weighted by atomic mass is 10.1. The quantitative estimate of drug-likeness (QED) is 0.759. The van der Waals surface area contributed by atoms with Crippen LogP contribution in [-0.2, 0) is 22.6 Å². The Morgan fingerprint density at radius 3 is 2.59 bits per heavy atom. The van der Waals surface area contributed by atoms with Gasteiger partial charge in [-0.05, 0) is 30.7 Å². The Kier molecular flexibility index (Phi) is 5.53. The van der Waals surface area contributed by atoms with E-state index in [9.17, 15) is 9.18 Å². The van der Waals surface area contributed by atoms with Crippen molar-refractivity contribution < 1.29 is 18.7 Å². The minimum atomic E-state index is -0.351. The number of ether oxygens (including phenoxy) is 2. The zero-order chi connectivity index (χ0) is 15.9. The molecule has 0 fully saturated rings. The van der Waals surface area contributed by atoms with E-state index in [4.69, 9.17) is 9.47 Å². The van der Waals surface area contributed by atoms with E-state index in [0.717, 1.165) is 5.56 Å². The third-order valence-electron chi connectivity index (χ3n) is 3.13. The number of rotatable bonds is 6. The molecule has 0 saturated heterocycles. The van der Waals surface area contributed by atoms with Crippen LogP contribution in [0.15, 0.2) is 48.5 Å². The third-order valence-corrected chi connectivity index (χ3v) is 3.13. The van der Waals surface area contributed by atoms with Gasteiger partial charge >= 0.3 is 5.97 Å². The average molecular weight is 302 g/mol. The number of benzene rings is 2. The molecule has 0 amide bonds. The first-order valence-corrected chi connectivity index (χ1v) is 7.17. The van der Waals surface area contributed by atoms with Gasteiger partial charge in [0.1, 0.15) is 24.3 Å². The molecular weight excluding hydrogens is 283 g/mol. The summed E-state index contributed by atoms with van der Waals surface area (Å²) in [4.78, 5) is 11.0. The Morgan fingerprint density at radius 2 is 1.91 bits per heavy atom. The third kappa shape index (κ3) is 4.88. The Bertz CT molecular complexity index is 625. The average Bonchev–Trinajstić information content (AvgIpc) is 2.46. The fourth-order valence-electron chi connectivity index (χ4n) is 2.22. The molecule has 2 aromatic rings. The summed E-state index contributed by atoms with van der Waals surface area (Å²) in [5.41, 5.74) is 1.72. The van der Waals surface area contributed by atoms with Gasteiger partial charge in [-0.2, -0.15) is 0 Å². The highest BCUT2D eigenvalue weighted by atomic mass is 19.1. The van der Waals surface area contributed by atoms with Crippen molar-refractivity contribution in [2.24, 2.45) is 0 Å². The van der Waals surface area contributed by atoms with Crippen LogP contribution in [0.25, 0.3) is 0 Å². The van der Waals surface area contributed by atoms with Crippen molar-refractivity contribution >= 4 is 5.97 Å². The first kappa shape index (κ1) is 16.0. The topological polar surface area (TPSA) is 35.5 Å². The van der Waals surface area contributed by atoms with Crippen molar-refractivity contribution in [1.29, 1.82) is 0 Å². The van der Waals surface area contributed by atoms with Crippen LogP contribution in [-0.4, -0.2) is 12.1 Å². The van der Waals surface area contributed by atoms with Crippen LogP contribution in [0.3, 0.4) is 0 Å². The van der Waals surface area contributed by atoms with Gasteiger partial charge in [0, 0.05) is 18.9 Å². The van der Waals surface area contributed by atoms with Crippen molar-refractivity contribution in [2.75, 3.05) is 0 Å². The lowest BCUT2D eigenvalue weighted by Gasteiger charge is -2.16. The molecular formula is C18H19FO3. The highest BCUT2D eigenvalue weighted by Crippen LogP contribution is 2.23. The molecule has 116 valence electrons. The number of hydrogen-bond donors (Lipinski definition) is 0. The molecule has 1 atom stereocenters.